The molecule has 3 rings (SSSR count). The smallest absolute Gasteiger partial charge is 0.0830 e. The lowest BCUT2D eigenvalue weighted by Crippen LogP contribution is -2.10. The van der Waals surface area contributed by atoms with Crippen LogP contribution in [-0.2, 0) is 4.74 Å². The molecule has 3 nitrogen and oxygen atoms in total. The van der Waals surface area contributed by atoms with Gasteiger partial charge in [-0.25, -0.2) is 0 Å². The maximum absolute atomic E-state index is 5.60. The molecule has 1 fully saturated rings. The fourth-order valence-electron chi connectivity index (χ4n) is 1.81. The Kier molecular flexibility index (Phi) is 3.25. The van der Waals surface area contributed by atoms with Crippen molar-refractivity contribution in [3.05, 3.63) is 23.7 Å². The molecule has 1 aliphatic rings. The van der Waals surface area contributed by atoms with Crippen molar-refractivity contribution >= 4 is 27.2 Å². The Balaban J connectivity index is 1.51. The minimum atomic E-state index is 0.783. The van der Waals surface area contributed by atoms with Crippen LogP contribution in [0.5, 0.6) is 0 Å². The number of hydrogen-bond acceptors (Lipinski definition) is 4. The number of thiophene rings is 1. The van der Waals surface area contributed by atoms with E-state index in [0.29, 0.717) is 0 Å². The van der Waals surface area contributed by atoms with Crippen molar-refractivity contribution in [2.75, 3.05) is 25.1 Å². The first kappa shape index (κ1) is 11.0. The summed E-state index contributed by atoms with van der Waals surface area (Å²) in [4.78, 5) is 4.32. The Bertz CT molecular complexity index is 493. The molecular formula is C13H16N2OS. The van der Waals surface area contributed by atoms with Crippen molar-refractivity contribution in [1.82, 2.24) is 4.98 Å². The van der Waals surface area contributed by atoms with Crippen LogP contribution in [0.4, 0.5) is 5.69 Å². The standard InChI is InChI=1S/C13H16N2OS/c1-2-10(1)9-16-7-6-15-11-3-5-14-12-4-8-17-13(11)12/h3-5,8,10H,1-2,6-7,9H2,(H,14,15). The fraction of sp³-hybridized carbons (Fsp3) is 0.462. The lowest BCUT2D eigenvalue weighted by atomic mass is 10.3. The van der Waals surface area contributed by atoms with Gasteiger partial charge in [0.1, 0.15) is 0 Å². The molecule has 90 valence electrons. The van der Waals surface area contributed by atoms with Crippen LogP contribution in [0.15, 0.2) is 23.7 Å². The van der Waals surface area contributed by atoms with Crippen LogP contribution in [0.2, 0.25) is 0 Å². The maximum Gasteiger partial charge on any atom is 0.0830 e. The van der Waals surface area contributed by atoms with Crippen molar-refractivity contribution in [2.24, 2.45) is 5.92 Å². The molecule has 0 saturated heterocycles. The van der Waals surface area contributed by atoms with Crippen molar-refractivity contribution in [2.45, 2.75) is 12.8 Å². The van der Waals surface area contributed by atoms with Crippen molar-refractivity contribution in [1.29, 1.82) is 0 Å². The molecule has 2 aromatic rings. The molecule has 0 unspecified atom stereocenters. The Hall–Kier alpha value is -1.13. The van der Waals surface area contributed by atoms with Gasteiger partial charge in [-0.15, -0.1) is 11.3 Å². The third-order valence-corrected chi connectivity index (χ3v) is 3.89. The summed E-state index contributed by atoms with van der Waals surface area (Å²) in [5.41, 5.74) is 2.24. The van der Waals surface area contributed by atoms with Crippen LogP contribution in [0.3, 0.4) is 0 Å². The van der Waals surface area contributed by atoms with E-state index >= 15 is 0 Å². The number of nitrogens with zero attached hydrogens (tertiary/aromatic N) is 1. The highest BCUT2D eigenvalue weighted by atomic mass is 32.1. The van der Waals surface area contributed by atoms with Gasteiger partial charge in [0.05, 0.1) is 22.5 Å². The molecular weight excluding hydrogens is 232 g/mol. The minimum Gasteiger partial charge on any atom is -0.381 e. The highest BCUT2D eigenvalue weighted by Gasteiger charge is 2.20. The molecule has 0 amide bonds. The van der Waals surface area contributed by atoms with Crippen LogP contribution in [0, 0.1) is 5.92 Å². The normalized spacial score (nSPS) is 15.3. The molecule has 0 spiro atoms. The Morgan fingerprint density at radius 3 is 3.24 bits per heavy atom. The zero-order valence-corrected chi connectivity index (χ0v) is 10.5. The number of anilines is 1. The molecule has 17 heavy (non-hydrogen) atoms. The number of rotatable bonds is 6. The first-order chi connectivity index (χ1) is 8.43. The van der Waals surface area contributed by atoms with E-state index in [4.69, 9.17) is 4.74 Å². The van der Waals surface area contributed by atoms with Crippen molar-refractivity contribution in [3.63, 3.8) is 0 Å². The molecule has 0 bridgehead atoms. The van der Waals surface area contributed by atoms with E-state index in [0.717, 1.165) is 31.2 Å². The Morgan fingerprint density at radius 2 is 2.35 bits per heavy atom. The first-order valence-corrected chi connectivity index (χ1v) is 6.95. The number of pyridine rings is 1. The van der Waals surface area contributed by atoms with E-state index in [1.165, 1.54) is 23.2 Å². The molecule has 2 aromatic heterocycles. The lowest BCUT2D eigenvalue weighted by molar-refractivity contribution is 0.134. The summed E-state index contributed by atoms with van der Waals surface area (Å²) in [5, 5.41) is 5.49. The van der Waals surface area contributed by atoms with Crippen LogP contribution in [-0.4, -0.2) is 24.7 Å². The summed E-state index contributed by atoms with van der Waals surface area (Å²) in [5.74, 6) is 0.847. The minimum absolute atomic E-state index is 0.783. The fourth-order valence-corrected chi connectivity index (χ4v) is 2.65. The van der Waals surface area contributed by atoms with E-state index in [9.17, 15) is 0 Å². The van der Waals surface area contributed by atoms with Gasteiger partial charge in [0.2, 0.25) is 0 Å². The molecule has 0 aliphatic heterocycles. The average Bonchev–Trinajstić information content (AvgIpc) is 3.04. The second kappa shape index (κ2) is 5.02. The second-order valence-electron chi connectivity index (χ2n) is 4.44. The topological polar surface area (TPSA) is 34.1 Å². The SMILES string of the molecule is c1cc(NCCOCC2CC2)c2sccc2n1. The Labute approximate surface area is 105 Å². The van der Waals surface area contributed by atoms with E-state index in [1.54, 1.807) is 11.3 Å². The van der Waals surface area contributed by atoms with Gasteiger partial charge >= 0.3 is 0 Å². The summed E-state index contributed by atoms with van der Waals surface area (Å²) in [7, 11) is 0. The van der Waals surface area contributed by atoms with E-state index in [1.807, 2.05) is 12.3 Å². The number of fused-ring (bicyclic) bond motifs is 1. The first-order valence-electron chi connectivity index (χ1n) is 6.07. The Morgan fingerprint density at radius 1 is 1.41 bits per heavy atom. The van der Waals surface area contributed by atoms with Gasteiger partial charge in [-0.3, -0.25) is 4.98 Å². The predicted octanol–water partition coefficient (Wildman–Crippen LogP) is 3.13. The molecule has 0 atom stereocenters. The van der Waals surface area contributed by atoms with Crippen molar-refractivity contribution < 1.29 is 4.74 Å². The third-order valence-electron chi connectivity index (χ3n) is 2.96. The zero-order chi connectivity index (χ0) is 11.5. The molecule has 4 heteroatoms. The number of nitrogens with one attached hydrogen (secondary N) is 1. The van der Waals surface area contributed by atoms with Gasteiger partial charge in [0, 0.05) is 19.3 Å². The van der Waals surface area contributed by atoms with Crippen LogP contribution in [0.1, 0.15) is 12.8 Å². The quantitative estimate of drug-likeness (QED) is 0.797. The van der Waals surface area contributed by atoms with Gasteiger partial charge in [0.25, 0.3) is 0 Å². The summed E-state index contributed by atoms with van der Waals surface area (Å²) < 4.78 is 6.83. The van der Waals surface area contributed by atoms with Gasteiger partial charge < -0.3 is 10.1 Å². The molecule has 1 saturated carbocycles. The maximum atomic E-state index is 5.60. The highest BCUT2D eigenvalue weighted by Crippen LogP contribution is 2.29. The van der Waals surface area contributed by atoms with E-state index < -0.39 is 0 Å². The molecule has 1 N–H and O–H groups in total. The largest absolute Gasteiger partial charge is 0.381 e. The lowest BCUT2D eigenvalue weighted by Gasteiger charge is -2.07. The van der Waals surface area contributed by atoms with E-state index in [2.05, 4.69) is 21.7 Å². The summed E-state index contributed by atoms with van der Waals surface area (Å²) in [6.07, 6.45) is 4.56. The molecule has 2 heterocycles. The number of hydrogen-bond donors (Lipinski definition) is 1. The number of aromatic nitrogens is 1. The van der Waals surface area contributed by atoms with Crippen molar-refractivity contribution in [3.8, 4) is 0 Å². The van der Waals surface area contributed by atoms with Gasteiger partial charge in [-0.2, -0.15) is 0 Å². The third kappa shape index (κ3) is 2.76. The van der Waals surface area contributed by atoms with Crippen LogP contribution in [0.25, 0.3) is 10.2 Å². The zero-order valence-electron chi connectivity index (χ0n) is 9.69. The summed E-state index contributed by atoms with van der Waals surface area (Å²) >= 11 is 1.73. The molecule has 0 aromatic carbocycles. The number of ether oxygens (including phenoxy) is 1. The summed E-state index contributed by atoms with van der Waals surface area (Å²) in [6, 6.07) is 4.08. The summed E-state index contributed by atoms with van der Waals surface area (Å²) in [6.45, 7) is 2.59. The second-order valence-corrected chi connectivity index (χ2v) is 5.35. The van der Waals surface area contributed by atoms with Crippen LogP contribution >= 0.6 is 11.3 Å². The van der Waals surface area contributed by atoms with E-state index in [-0.39, 0.29) is 0 Å². The molecule has 1 aliphatic carbocycles. The molecule has 0 radical (unpaired) electrons. The van der Waals surface area contributed by atoms with Gasteiger partial charge in [-0.1, -0.05) is 0 Å². The van der Waals surface area contributed by atoms with Gasteiger partial charge in [-0.05, 0) is 36.3 Å². The van der Waals surface area contributed by atoms with Gasteiger partial charge in [0.15, 0.2) is 0 Å². The average molecular weight is 248 g/mol. The monoisotopic (exact) mass is 248 g/mol. The highest BCUT2D eigenvalue weighted by molar-refractivity contribution is 7.17. The van der Waals surface area contributed by atoms with Crippen LogP contribution < -0.4 is 5.32 Å². The predicted molar refractivity (Wildman–Crippen MR) is 71.7 cm³/mol.